The van der Waals surface area contributed by atoms with Crippen LogP contribution in [0.15, 0.2) is 29.4 Å². The van der Waals surface area contributed by atoms with E-state index in [-0.39, 0.29) is 0 Å². The van der Waals surface area contributed by atoms with E-state index >= 15 is 0 Å². The van der Waals surface area contributed by atoms with Crippen molar-refractivity contribution in [2.24, 2.45) is 4.99 Å². The molecule has 8 heteroatoms. The molecular formula is C21H35N7O. The highest BCUT2D eigenvalue weighted by atomic mass is 16.5. The van der Waals surface area contributed by atoms with E-state index in [9.17, 15) is 0 Å². The van der Waals surface area contributed by atoms with Gasteiger partial charge in [-0.15, -0.1) is 10.2 Å². The summed E-state index contributed by atoms with van der Waals surface area (Å²) < 4.78 is 7.71. The second kappa shape index (κ2) is 11.1. The van der Waals surface area contributed by atoms with Gasteiger partial charge in [0.25, 0.3) is 0 Å². The number of fused-ring (bicyclic) bond motifs is 1. The van der Waals surface area contributed by atoms with E-state index in [1.807, 2.05) is 35.8 Å². The predicted molar refractivity (Wildman–Crippen MR) is 116 cm³/mol. The van der Waals surface area contributed by atoms with E-state index in [2.05, 4.69) is 44.6 Å². The van der Waals surface area contributed by atoms with Gasteiger partial charge in [-0.05, 0) is 45.2 Å². The van der Waals surface area contributed by atoms with Gasteiger partial charge in [0.1, 0.15) is 5.82 Å². The fourth-order valence-electron chi connectivity index (χ4n) is 3.62. The number of pyridine rings is 1. The van der Waals surface area contributed by atoms with Crippen molar-refractivity contribution >= 4 is 11.6 Å². The van der Waals surface area contributed by atoms with Crippen LogP contribution in [0.2, 0.25) is 0 Å². The highest BCUT2D eigenvalue weighted by Crippen LogP contribution is 2.10. The van der Waals surface area contributed by atoms with Gasteiger partial charge in [-0.3, -0.25) is 9.39 Å². The normalized spacial score (nSPS) is 16.6. The number of piperidine rings is 1. The number of aryl methyl sites for hydroxylation is 1. The number of nitrogens with one attached hydrogen (secondary N) is 2. The van der Waals surface area contributed by atoms with Crippen LogP contribution in [0, 0.1) is 0 Å². The van der Waals surface area contributed by atoms with Crippen molar-refractivity contribution in [3.8, 4) is 0 Å². The van der Waals surface area contributed by atoms with Crippen molar-refractivity contribution in [3.63, 3.8) is 0 Å². The number of aromatic nitrogens is 3. The van der Waals surface area contributed by atoms with Gasteiger partial charge in [0.2, 0.25) is 0 Å². The fraction of sp³-hybridized carbons (Fsp3) is 0.667. The van der Waals surface area contributed by atoms with E-state index in [0.717, 1.165) is 75.9 Å². The lowest BCUT2D eigenvalue weighted by molar-refractivity contribution is 0.0532. The lowest BCUT2D eigenvalue weighted by atomic mass is 10.1. The highest BCUT2D eigenvalue weighted by molar-refractivity contribution is 5.79. The Kier molecular flexibility index (Phi) is 8.25. The minimum atomic E-state index is 0.312. The summed E-state index contributed by atoms with van der Waals surface area (Å²) in [5, 5.41) is 15.5. The Hall–Kier alpha value is -2.19. The van der Waals surface area contributed by atoms with E-state index < -0.39 is 0 Å². The molecular weight excluding hydrogens is 366 g/mol. The van der Waals surface area contributed by atoms with Crippen molar-refractivity contribution < 1.29 is 4.74 Å². The van der Waals surface area contributed by atoms with Gasteiger partial charge in [0.15, 0.2) is 11.6 Å². The number of guanidine groups is 1. The summed E-state index contributed by atoms with van der Waals surface area (Å²) in [6.45, 7) is 9.08. The zero-order valence-corrected chi connectivity index (χ0v) is 18.0. The number of rotatable bonds is 9. The minimum absolute atomic E-state index is 0.312. The second-order valence-corrected chi connectivity index (χ2v) is 7.83. The van der Waals surface area contributed by atoms with Gasteiger partial charge in [-0.25, -0.2) is 0 Å². The van der Waals surface area contributed by atoms with Crippen LogP contribution in [0.3, 0.4) is 0 Å². The first kappa shape index (κ1) is 21.5. The van der Waals surface area contributed by atoms with E-state index in [4.69, 9.17) is 4.74 Å². The van der Waals surface area contributed by atoms with E-state index in [1.165, 1.54) is 0 Å². The lowest BCUT2D eigenvalue weighted by Crippen LogP contribution is -2.49. The Morgan fingerprint density at radius 2 is 2.10 bits per heavy atom. The smallest absolute Gasteiger partial charge is 0.191 e. The average Bonchev–Trinajstić information content (AvgIpc) is 3.14. The van der Waals surface area contributed by atoms with Crippen molar-refractivity contribution in [2.45, 2.75) is 51.7 Å². The summed E-state index contributed by atoms with van der Waals surface area (Å²) >= 11 is 0. The molecule has 8 nitrogen and oxygen atoms in total. The molecule has 0 saturated carbocycles. The number of aliphatic imine (C=N–C) groups is 1. The molecule has 1 saturated heterocycles. The second-order valence-electron chi connectivity index (χ2n) is 7.83. The van der Waals surface area contributed by atoms with Crippen LogP contribution in [0.1, 0.15) is 38.9 Å². The molecule has 3 rings (SSSR count). The van der Waals surface area contributed by atoms with Crippen LogP contribution >= 0.6 is 0 Å². The molecule has 3 heterocycles. The number of likely N-dealkylation sites (tertiary alicyclic amines) is 1. The van der Waals surface area contributed by atoms with Crippen LogP contribution in [0.5, 0.6) is 0 Å². The molecule has 160 valence electrons. The molecule has 1 fully saturated rings. The van der Waals surface area contributed by atoms with Gasteiger partial charge in [0.05, 0.1) is 12.7 Å². The third kappa shape index (κ3) is 6.68. The summed E-state index contributed by atoms with van der Waals surface area (Å²) in [6, 6.07) is 6.44. The van der Waals surface area contributed by atoms with Gasteiger partial charge < -0.3 is 20.3 Å². The molecule has 2 N–H and O–H groups in total. The summed E-state index contributed by atoms with van der Waals surface area (Å²) in [6.07, 6.45) is 6.45. The molecule has 2 aromatic heterocycles. The molecule has 29 heavy (non-hydrogen) atoms. The first-order valence-electron chi connectivity index (χ1n) is 10.8. The maximum Gasteiger partial charge on any atom is 0.191 e. The molecule has 0 amide bonds. The third-order valence-electron chi connectivity index (χ3n) is 5.26. The maximum atomic E-state index is 5.66. The number of ether oxygens (including phenoxy) is 1. The number of hydrogen-bond acceptors (Lipinski definition) is 5. The summed E-state index contributed by atoms with van der Waals surface area (Å²) in [7, 11) is 1.83. The number of nitrogens with zero attached hydrogens (tertiary/aromatic N) is 5. The Bertz CT molecular complexity index is 765. The van der Waals surface area contributed by atoms with Gasteiger partial charge >= 0.3 is 0 Å². The molecule has 0 unspecified atom stereocenters. The van der Waals surface area contributed by atoms with Crippen LogP contribution < -0.4 is 10.6 Å². The molecule has 0 atom stereocenters. The first-order valence-corrected chi connectivity index (χ1v) is 10.8. The van der Waals surface area contributed by atoms with Gasteiger partial charge in [0, 0.05) is 51.9 Å². The molecule has 0 radical (unpaired) electrons. The average molecular weight is 402 g/mol. The first-order chi connectivity index (χ1) is 14.2. The highest BCUT2D eigenvalue weighted by Gasteiger charge is 2.19. The Morgan fingerprint density at radius 1 is 1.28 bits per heavy atom. The Morgan fingerprint density at radius 3 is 2.86 bits per heavy atom. The maximum absolute atomic E-state index is 5.66. The minimum Gasteiger partial charge on any atom is -0.377 e. The van der Waals surface area contributed by atoms with Crippen LogP contribution in [-0.2, 0) is 11.2 Å². The summed E-state index contributed by atoms with van der Waals surface area (Å²) in [5.74, 6) is 1.89. The van der Waals surface area contributed by atoms with Crippen molar-refractivity contribution in [1.82, 2.24) is 30.1 Å². The molecule has 1 aliphatic rings. The van der Waals surface area contributed by atoms with Crippen molar-refractivity contribution in [2.75, 3.05) is 39.8 Å². The van der Waals surface area contributed by atoms with E-state index in [0.29, 0.717) is 12.1 Å². The van der Waals surface area contributed by atoms with Gasteiger partial charge in [-0.2, -0.15) is 0 Å². The molecule has 0 aliphatic carbocycles. The molecule has 0 bridgehead atoms. The topological polar surface area (TPSA) is 79.1 Å². The third-order valence-corrected chi connectivity index (χ3v) is 5.26. The molecule has 0 spiro atoms. The number of hydrogen-bond donors (Lipinski definition) is 2. The fourth-order valence-corrected chi connectivity index (χ4v) is 3.62. The monoisotopic (exact) mass is 401 g/mol. The van der Waals surface area contributed by atoms with Crippen molar-refractivity contribution in [1.29, 1.82) is 0 Å². The van der Waals surface area contributed by atoms with Gasteiger partial charge in [-0.1, -0.05) is 6.07 Å². The summed E-state index contributed by atoms with van der Waals surface area (Å²) in [5.41, 5.74) is 0.898. The molecule has 2 aromatic rings. The molecule has 0 aromatic carbocycles. The standard InChI is InChI=1S/C21H35N7O/c1-17(2)29-16-15-27-13-9-18(10-14-27)24-21(22-3)23-11-6-8-20-26-25-19-7-4-5-12-28(19)20/h4-5,7,12,17-18H,6,8-11,13-16H2,1-3H3,(H2,22,23,24). The predicted octanol–water partition coefficient (Wildman–Crippen LogP) is 1.72. The zero-order valence-electron chi connectivity index (χ0n) is 18.0. The summed E-state index contributed by atoms with van der Waals surface area (Å²) in [4.78, 5) is 6.87. The largest absolute Gasteiger partial charge is 0.377 e. The Balaban J connectivity index is 1.33. The SMILES string of the molecule is CN=C(NCCCc1nnc2ccccn12)NC1CCN(CCOC(C)C)CC1. The van der Waals surface area contributed by atoms with Crippen LogP contribution in [0.4, 0.5) is 0 Å². The quantitative estimate of drug-likeness (QED) is 0.378. The van der Waals surface area contributed by atoms with Crippen LogP contribution in [0.25, 0.3) is 5.65 Å². The Labute approximate surface area is 173 Å². The van der Waals surface area contributed by atoms with E-state index in [1.54, 1.807) is 0 Å². The van der Waals surface area contributed by atoms with Crippen LogP contribution in [-0.4, -0.2) is 77.4 Å². The zero-order chi connectivity index (χ0) is 20.5. The van der Waals surface area contributed by atoms with Crippen molar-refractivity contribution in [3.05, 3.63) is 30.2 Å². The molecule has 1 aliphatic heterocycles. The lowest BCUT2D eigenvalue weighted by Gasteiger charge is -2.33.